The first-order valence-electron chi connectivity index (χ1n) is 5.85. The summed E-state index contributed by atoms with van der Waals surface area (Å²) < 4.78 is 5.76. The van der Waals surface area contributed by atoms with E-state index >= 15 is 0 Å². The predicted octanol–water partition coefficient (Wildman–Crippen LogP) is 4.27. The van der Waals surface area contributed by atoms with Crippen LogP contribution in [0.5, 0.6) is 5.75 Å². The number of benzene rings is 1. The third-order valence-corrected chi connectivity index (χ3v) is 2.75. The van der Waals surface area contributed by atoms with Crippen molar-refractivity contribution in [2.75, 3.05) is 5.73 Å². The topological polar surface area (TPSA) is 35.2 Å². The van der Waals surface area contributed by atoms with Gasteiger partial charge in [-0.3, -0.25) is 0 Å². The number of rotatable bonds is 6. The van der Waals surface area contributed by atoms with Crippen LogP contribution in [0.25, 0.3) is 0 Å². The summed E-state index contributed by atoms with van der Waals surface area (Å²) in [5.41, 5.74) is 6.42. The smallest absolute Gasteiger partial charge is 0.142 e. The third-order valence-electron chi connectivity index (χ3n) is 2.51. The highest BCUT2D eigenvalue weighted by molar-refractivity contribution is 6.30. The van der Waals surface area contributed by atoms with Crippen LogP contribution in [-0.4, -0.2) is 6.10 Å². The van der Waals surface area contributed by atoms with Gasteiger partial charge in [0.15, 0.2) is 0 Å². The zero-order valence-corrected chi connectivity index (χ0v) is 10.8. The number of hydrogen-bond acceptors (Lipinski definition) is 2. The van der Waals surface area contributed by atoms with Gasteiger partial charge in [0, 0.05) is 5.02 Å². The maximum absolute atomic E-state index is 5.82. The Kier molecular flexibility index (Phi) is 5.47. The number of hydrogen-bond donors (Lipinski definition) is 1. The van der Waals surface area contributed by atoms with Crippen LogP contribution < -0.4 is 10.5 Å². The average molecular weight is 242 g/mol. The van der Waals surface area contributed by atoms with Gasteiger partial charge in [-0.05, 0) is 38.0 Å². The molecule has 2 nitrogen and oxygen atoms in total. The third kappa shape index (κ3) is 4.31. The van der Waals surface area contributed by atoms with Crippen molar-refractivity contribution in [2.45, 2.75) is 45.6 Å². The summed E-state index contributed by atoms with van der Waals surface area (Å²) in [6, 6.07) is 5.34. The van der Waals surface area contributed by atoms with Crippen molar-refractivity contribution in [1.29, 1.82) is 0 Å². The molecule has 2 N–H and O–H groups in total. The minimum Gasteiger partial charge on any atom is -0.489 e. The largest absolute Gasteiger partial charge is 0.489 e. The lowest BCUT2D eigenvalue weighted by Crippen LogP contribution is -2.12. The van der Waals surface area contributed by atoms with Crippen LogP contribution in [0.1, 0.15) is 39.5 Å². The van der Waals surface area contributed by atoms with E-state index in [1.165, 1.54) is 19.3 Å². The van der Waals surface area contributed by atoms with Gasteiger partial charge in [-0.2, -0.15) is 0 Å². The number of nitrogens with two attached hydrogens (primary N) is 1. The first-order chi connectivity index (χ1) is 7.63. The molecular formula is C13H20ClNO. The lowest BCUT2D eigenvalue weighted by atomic mass is 10.1. The average Bonchev–Trinajstić information content (AvgIpc) is 2.23. The molecule has 0 aromatic heterocycles. The Balaban J connectivity index is 2.46. The van der Waals surface area contributed by atoms with Gasteiger partial charge >= 0.3 is 0 Å². The molecule has 90 valence electrons. The zero-order valence-electron chi connectivity index (χ0n) is 10.0. The lowest BCUT2D eigenvalue weighted by Gasteiger charge is -2.16. The SMILES string of the molecule is CCCCC[C@H](C)Oc1ccc(Cl)cc1N. The molecule has 0 heterocycles. The van der Waals surface area contributed by atoms with Crippen LogP contribution in [0, 0.1) is 0 Å². The molecule has 1 rings (SSSR count). The van der Waals surface area contributed by atoms with Crippen molar-refractivity contribution in [3.63, 3.8) is 0 Å². The van der Waals surface area contributed by atoms with Crippen LogP contribution in [-0.2, 0) is 0 Å². The summed E-state index contributed by atoms with van der Waals surface area (Å²) in [6.45, 7) is 4.27. The van der Waals surface area contributed by atoms with Gasteiger partial charge in [0.05, 0.1) is 11.8 Å². The molecule has 0 aliphatic carbocycles. The lowest BCUT2D eigenvalue weighted by molar-refractivity contribution is 0.208. The van der Waals surface area contributed by atoms with E-state index in [-0.39, 0.29) is 6.10 Å². The number of nitrogen functional groups attached to an aromatic ring is 1. The minimum absolute atomic E-state index is 0.204. The Labute approximate surface area is 103 Å². The highest BCUT2D eigenvalue weighted by Crippen LogP contribution is 2.26. The van der Waals surface area contributed by atoms with Crippen molar-refractivity contribution < 1.29 is 4.74 Å². The Hall–Kier alpha value is -0.890. The monoisotopic (exact) mass is 241 g/mol. The van der Waals surface area contributed by atoms with Gasteiger partial charge in [0.25, 0.3) is 0 Å². The Morgan fingerprint density at radius 3 is 2.75 bits per heavy atom. The summed E-state index contributed by atoms with van der Waals surface area (Å²) >= 11 is 5.82. The fourth-order valence-corrected chi connectivity index (χ4v) is 1.76. The van der Waals surface area contributed by atoms with Crippen LogP contribution in [0.4, 0.5) is 5.69 Å². The van der Waals surface area contributed by atoms with Gasteiger partial charge in [0.1, 0.15) is 5.75 Å². The Morgan fingerprint density at radius 1 is 1.38 bits per heavy atom. The van der Waals surface area contributed by atoms with E-state index in [9.17, 15) is 0 Å². The molecule has 0 aliphatic heterocycles. The second-order valence-corrected chi connectivity index (χ2v) is 4.54. The zero-order chi connectivity index (χ0) is 12.0. The minimum atomic E-state index is 0.204. The van der Waals surface area contributed by atoms with E-state index in [2.05, 4.69) is 13.8 Å². The molecular weight excluding hydrogens is 222 g/mol. The molecule has 1 aromatic carbocycles. The first kappa shape index (κ1) is 13.2. The highest BCUT2D eigenvalue weighted by Gasteiger charge is 2.06. The maximum atomic E-state index is 5.82. The van der Waals surface area contributed by atoms with Gasteiger partial charge in [0.2, 0.25) is 0 Å². The molecule has 0 radical (unpaired) electrons. The number of halogens is 1. The van der Waals surface area contributed by atoms with Crippen LogP contribution >= 0.6 is 11.6 Å². The Morgan fingerprint density at radius 2 is 2.12 bits per heavy atom. The van der Waals surface area contributed by atoms with E-state index in [0.717, 1.165) is 12.2 Å². The molecule has 1 aromatic rings. The molecule has 0 aliphatic rings. The van der Waals surface area contributed by atoms with Crippen molar-refractivity contribution in [2.24, 2.45) is 0 Å². The molecule has 0 saturated carbocycles. The number of unbranched alkanes of at least 4 members (excludes halogenated alkanes) is 2. The summed E-state index contributed by atoms with van der Waals surface area (Å²) in [4.78, 5) is 0. The molecule has 3 heteroatoms. The molecule has 1 atom stereocenters. The van der Waals surface area contributed by atoms with Crippen molar-refractivity contribution in [3.05, 3.63) is 23.2 Å². The molecule has 0 unspecified atom stereocenters. The Bertz CT molecular complexity index is 328. The predicted molar refractivity (Wildman–Crippen MR) is 70.1 cm³/mol. The van der Waals surface area contributed by atoms with Crippen LogP contribution in [0.15, 0.2) is 18.2 Å². The fourth-order valence-electron chi connectivity index (χ4n) is 1.58. The van der Waals surface area contributed by atoms with Gasteiger partial charge in [-0.1, -0.05) is 31.4 Å². The van der Waals surface area contributed by atoms with Crippen molar-refractivity contribution >= 4 is 17.3 Å². The summed E-state index contributed by atoms with van der Waals surface area (Å²) in [5.74, 6) is 0.730. The van der Waals surface area contributed by atoms with E-state index in [1.807, 2.05) is 6.07 Å². The molecule has 0 spiro atoms. The van der Waals surface area contributed by atoms with Crippen LogP contribution in [0.2, 0.25) is 5.02 Å². The van der Waals surface area contributed by atoms with E-state index in [1.54, 1.807) is 12.1 Å². The number of anilines is 1. The van der Waals surface area contributed by atoms with Crippen molar-refractivity contribution in [3.8, 4) is 5.75 Å². The standard InChI is InChI=1S/C13H20ClNO/c1-3-4-5-6-10(2)16-13-8-7-11(14)9-12(13)15/h7-10H,3-6,15H2,1-2H3/t10-/m0/s1. The second kappa shape index (κ2) is 6.64. The maximum Gasteiger partial charge on any atom is 0.142 e. The molecule has 0 fully saturated rings. The molecule has 0 saturated heterocycles. The summed E-state index contributed by atoms with van der Waals surface area (Å²) in [6.07, 6.45) is 4.95. The highest BCUT2D eigenvalue weighted by atomic mass is 35.5. The molecule has 0 amide bonds. The normalized spacial score (nSPS) is 12.4. The van der Waals surface area contributed by atoms with Gasteiger partial charge < -0.3 is 10.5 Å². The number of ether oxygens (including phenoxy) is 1. The quantitative estimate of drug-likeness (QED) is 0.596. The first-order valence-corrected chi connectivity index (χ1v) is 6.23. The molecule has 16 heavy (non-hydrogen) atoms. The van der Waals surface area contributed by atoms with E-state index < -0.39 is 0 Å². The van der Waals surface area contributed by atoms with Crippen LogP contribution in [0.3, 0.4) is 0 Å². The van der Waals surface area contributed by atoms with E-state index in [4.69, 9.17) is 22.1 Å². The van der Waals surface area contributed by atoms with Crippen molar-refractivity contribution in [1.82, 2.24) is 0 Å². The van der Waals surface area contributed by atoms with Gasteiger partial charge in [-0.15, -0.1) is 0 Å². The van der Waals surface area contributed by atoms with E-state index in [0.29, 0.717) is 10.7 Å². The second-order valence-electron chi connectivity index (χ2n) is 4.11. The van der Waals surface area contributed by atoms with Gasteiger partial charge in [-0.25, -0.2) is 0 Å². The molecule has 0 bridgehead atoms. The summed E-state index contributed by atoms with van der Waals surface area (Å²) in [5, 5.41) is 0.642. The summed E-state index contributed by atoms with van der Waals surface area (Å²) in [7, 11) is 0. The fraction of sp³-hybridized carbons (Fsp3) is 0.538.